The summed E-state index contributed by atoms with van der Waals surface area (Å²) >= 11 is 0. The molecule has 0 saturated carbocycles. The van der Waals surface area contributed by atoms with Crippen LogP contribution in [0.4, 0.5) is 0 Å². The SMILES string of the molecule is CC(C)(C)c1ccc2c(c1)c1ccccc1n2-c1ccc(-c2cccc3c4cc(CC(C)(C)c5ccc6c7ccc(C(C)(C)C)cc7n(-c7ccc(-c8cccc9c%10ccccc%10n(-c%10ccccc%10)c89)cc7-c7nc(-c8ccccc8)nc(-c8ccccc8)n7)c6c5)ccc4n(-c4ccccc4)c23)cc1-c1nc(-c2ccccc2)nc(-c2ccccc2)n1. The first-order valence-electron chi connectivity index (χ1n) is 42.9. The molecule has 0 fully saturated rings. The summed E-state index contributed by atoms with van der Waals surface area (Å²) in [6.45, 7) is 18.6. The van der Waals surface area contributed by atoms with Crippen LogP contribution >= 0.6 is 0 Å². The number of fused-ring (bicyclic) bond motifs is 12. The molecule has 0 atom stereocenters. The monoisotopic (exact) mass is 1600 g/mol. The predicted octanol–water partition coefficient (Wildman–Crippen LogP) is 28.9. The lowest BCUT2D eigenvalue weighted by Crippen LogP contribution is -2.20. The molecule has 22 rings (SSSR count). The van der Waals surface area contributed by atoms with Gasteiger partial charge in [-0.2, -0.15) is 0 Å². The van der Waals surface area contributed by atoms with E-state index >= 15 is 0 Å². The molecule has 22 aromatic rings. The number of hydrogen-bond acceptors (Lipinski definition) is 6. The topological polar surface area (TPSA) is 97.1 Å². The van der Waals surface area contributed by atoms with Crippen LogP contribution in [-0.4, -0.2) is 48.2 Å². The second-order valence-electron chi connectivity index (χ2n) is 35.6. The molecule has 0 N–H and O–H groups in total. The van der Waals surface area contributed by atoms with E-state index in [2.05, 4.69) is 401 Å². The third-order valence-corrected chi connectivity index (χ3v) is 25.2. The zero-order valence-electron chi connectivity index (χ0n) is 70.5. The average molecular weight is 1600 g/mol. The van der Waals surface area contributed by atoms with E-state index in [0.717, 1.165) is 145 Å². The first kappa shape index (κ1) is 75.0. The van der Waals surface area contributed by atoms with Gasteiger partial charge in [-0.25, -0.2) is 29.9 Å². The molecule has 6 aromatic heterocycles. The Bertz CT molecular complexity index is 7850. The number of aromatic nitrogens is 10. The van der Waals surface area contributed by atoms with Crippen LogP contribution in [0.1, 0.15) is 77.6 Å². The Morgan fingerprint density at radius 1 is 0.210 bits per heavy atom. The Labute approximate surface area is 720 Å². The summed E-state index contributed by atoms with van der Waals surface area (Å²) in [7, 11) is 0. The molecular formula is C114H88N10. The van der Waals surface area contributed by atoms with Crippen molar-refractivity contribution in [1.82, 2.24) is 48.2 Å². The Morgan fingerprint density at radius 3 is 1.01 bits per heavy atom. The highest BCUT2D eigenvalue weighted by atomic mass is 15.1. The fourth-order valence-electron chi connectivity index (χ4n) is 18.9. The third-order valence-electron chi connectivity index (χ3n) is 25.2. The lowest BCUT2D eigenvalue weighted by atomic mass is 9.78. The van der Waals surface area contributed by atoms with Gasteiger partial charge in [0.1, 0.15) is 0 Å². The van der Waals surface area contributed by atoms with Crippen molar-refractivity contribution in [3.8, 4) is 113 Å². The minimum absolute atomic E-state index is 0.0607. The molecule has 0 unspecified atom stereocenters. The van der Waals surface area contributed by atoms with Gasteiger partial charge in [-0.15, -0.1) is 0 Å². The maximum Gasteiger partial charge on any atom is 0.166 e. The van der Waals surface area contributed by atoms with Crippen LogP contribution < -0.4 is 0 Å². The summed E-state index contributed by atoms with van der Waals surface area (Å²) in [5.74, 6) is 3.52. The quantitative estimate of drug-likeness (QED) is 0.101. The third kappa shape index (κ3) is 12.9. The van der Waals surface area contributed by atoms with E-state index in [1.54, 1.807) is 0 Å². The molecule has 6 heterocycles. The van der Waals surface area contributed by atoms with Gasteiger partial charge >= 0.3 is 0 Å². The first-order valence-corrected chi connectivity index (χ1v) is 42.9. The number of hydrogen-bond donors (Lipinski definition) is 0. The van der Waals surface area contributed by atoms with Crippen molar-refractivity contribution in [3.05, 3.63) is 398 Å². The average Bonchev–Trinajstić information content (AvgIpc) is 1.57. The molecule has 0 aliphatic heterocycles. The molecular weight excluding hydrogens is 1510 g/mol. The highest BCUT2D eigenvalue weighted by molar-refractivity contribution is 6.17. The first-order chi connectivity index (χ1) is 60.5. The van der Waals surface area contributed by atoms with E-state index < -0.39 is 5.41 Å². The number of para-hydroxylation sites is 6. The van der Waals surface area contributed by atoms with Crippen LogP contribution in [-0.2, 0) is 22.7 Å². The molecule has 0 bridgehead atoms. The predicted molar refractivity (Wildman–Crippen MR) is 515 cm³/mol. The van der Waals surface area contributed by atoms with E-state index in [4.69, 9.17) is 29.9 Å². The van der Waals surface area contributed by atoms with Crippen LogP contribution in [0.5, 0.6) is 0 Å². The Morgan fingerprint density at radius 2 is 0.540 bits per heavy atom. The fourth-order valence-corrected chi connectivity index (χ4v) is 18.9. The molecule has 0 spiro atoms. The largest absolute Gasteiger partial charge is 0.309 e. The van der Waals surface area contributed by atoms with Crippen LogP contribution in [0, 0.1) is 0 Å². The molecule has 0 amide bonds. The van der Waals surface area contributed by atoms with Crippen molar-refractivity contribution < 1.29 is 0 Å². The Kier molecular flexibility index (Phi) is 17.9. The van der Waals surface area contributed by atoms with Gasteiger partial charge < -0.3 is 18.3 Å². The van der Waals surface area contributed by atoms with Gasteiger partial charge in [-0.1, -0.05) is 334 Å². The molecule has 124 heavy (non-hydrogen) atoms. The molecule has 0 radical (unpaired) electrons. The van der Waals surface area contributed by atoms with Crippen molar-refractivity contribution in [3.63, 3.8) is 0 Å². The minimum Gasteiger partial charge on any atom is -0.309 e. The van der Waals surface area contributed by atoms with Gasteiger partial charge in [0.2, 0.25) is 0 Å². The lowest BCUT2D eigenvalue weighted by molar-refractivity contribution is 0.523. The van der Waals surface area contributed by atoms with Gasteiger partial charge in [-0.3, -0.25) is 0 Å². The molecule has 16 aromatic carbocycles. The zero-order valence-corrected chi connectivity index (χ0v) is 70.5. The van der Waals surface area contributed by atoms with Gasteiger partial charge in [0.05, 0.1) is 55.5 Å². The van der Waals surface area contributed by atoms with Gasteiger partial charge in [0, 0.05) is 99.0 Å². The maximum atomic E-state index is 5.59. The summed E-state index contributed by atoms with van der Waals surface area (Å²) < 4.78 is 9.82. The Hall–Kier alpha value is -15.3. The van der Waals surface area contributed by atoms with Crippen molar-refractivity contribution in [2.24, 2.45) is 0 Å². The lowest BCUT2D eigenvalue weighted by Gasteiger charge is -2.26. The molecule has 0 aliphatic rings. The van der Waals surface area contributed by atoms with Crippen LogP contribution in [0.15, 0.2) is 376 Å². The normalized spacial score (nSPS) is 12.2. The smallest absolute Gasteiger partial charge is 0.166 e. The zero-order chi connectivity index (χ0) is 83.7. The van der Waals surface area contributed by atoms with Crippen LogP contribution in [0.25, 0.3) is 201 Å². The maximum absolute atomic E-state index is 5.59. The van der Waals surface area contributed by atoms with Gasteiger partial charge in [0.25, 0.3) is 0 Å². The van der Waals surface area contributed by atoms with Crippen molar-refractivity contribution in [2.75, 3.05) is 0 Å². The van der Waals surface area contributed by atoms with E-state index in [0.29, 0.717) is 34.9 Å². The summed E-state index contributed by atoms with van der Waals surface area (Å²) in [4.78, 5) is 32.7. The molecule has 594 valence electrons. The summed E-state index contributed by atoms with van der Waals surface area (Å²) in [5, 5.41) is 9.38. The summed E-state index contributed by atoms with van der Waals surface area (Å²) in [5.41, 5.74) is 26.9. The molecule has 10 nitrogen and oxygen atoms in total. The van der Waals surface area contributed by atoms with Gasteiger partial charge in [-0.05, 0) is 153 Å². The van der Waals surface area contributed by atoms with E-state index in [1.165, 1.54) is 49.2 Å². The standard InChI is InChI=1S/C114H88N10/c1-112(2,3)79-58-64-99-93(68-79)87-46-28-30-52-97(87)123(99)100-62-54-78(66-94(100)110-117-106(73-33-15-9-16-34-73)115-107(118-110)74-35-17-10-18-36-74)85-48-32-50-91-92-65-72(53-61-98(92)122(105(85)91)83-43-25-14-26-44-83)71-114(7,8)81-57-60-89-88-59-56-80(113(4,5)6)69-102(88)124(103(89)70-81)101-63-55-77(84-47-31-49-90-86-45-27-29-51-96(86)121(104(84)90)82-41-23-13-24-42-82)67-95(101)111-119-108(75-37-19-11-20-38-75)116-109(120-111)76-39-21-12-22-40-76/h9-70H,71H2,1-8H3. The molecule has 0 saturated heterocycles. The van der Waals surface area contributed by atoms with E-state index in [-0.39, 0.29) is 10.8 Å². The number of benzene rings is 16. The Balaban J connectivity index is 0.720. The number of nitrogens with zero attached hydrogens (tertiary/aromatic N) is 10. The molecule has 10 heteroatoms. The van der Waals surface area contributed by atoms with Crippen molar-refractivity contribution in [2.45, 2.75) is 78.1 Å². The van der Waals surface area contributed by atoms with Crippen molar-refractivity contribution >= 4 is 87.2 Å². The minimum atomic E-state index is -0.395. The summed E-state index contributed by atoms with van der Waals surface area (Å²) in [6, 6.07) is 136. The summed E-state index contributed by atoms with van der Waals surface area (Å²) in [6.07, 6.45) is 0.744. The fraction of sp³-hybridized carbons (Fsp3) is 0.105. The second kappa shape index (κ2) is 29.6. The van der Waals surface area contributed by atoms with Gasteiger partial charge in [0.15, 0.2) is 34.9 Å². The highest BCUT2D eigenvalue weighted by Gasteiger charge is 2.31. The molecule has 0 aliphatic carbocycles. The highest BCUT2D eigenvalue weighted by Crippen LogP contribution is 2.48. The van der Waals surface area contributed by atoms with Crippen molar-refractivity contribution in [1.29, 1.82) is 0 Å². The second-order valence-corrected chi connectivity index (χ2v) is 35.6. The van der Waals surface area contributed by atoms with Crippen LogP contribution in [0.2, 0.25) is 0 Å². The van der Waals surface area contributed by atoms with E-state index in [9.17, 15) is 0 Å². The van der Waals surface area contributed by atoms with Crippen LogP contribution in [0.3, 0.4) is 0 Å². The van der Waals surface area contributed by atoms with E-state index in [1.807, 2.05) is 48.5 Å². The number of rotatable bonds is 15.